The highest BCUT2D eigenvalue weighted by Gasteiger charge is 2.28. The van der Waals surface area contributed by atoms with Crippen LogP contribution in [0.15, 0.2) is 0 Å². The Kier molecular flexibility index (Phi) is 5.24. The van der Waals surface area contributed by atoms with Crippen molar-refractivity contribution in [2.75, 3.05) is 30.3 Å². The normalized spacial score (nSPS) is 29.0. The van der Waals surface area contributed by atoms with Crippen molar-refractivity contribution < 1.29 is 9.59 Å². The number of hydrogen-bond donors (Lipinski definition) is 1. The first-order chi connectivity index (χ1) is 8.66. The minimum Gasteiger partial charge on any atom is -0.369 e. The van der Waals surface area contributed by atoms with E-state index in [1.807, 2.05) is 28.4 Å². The minimum atomic E-state index is -0.268. The molecule has 2 atom stereocenters. The maximum Gasteiger partial charge on any atom is 0.223 e. The van der Waals surface area contributed by atoms with Crippen LogP contribution >= 0.6 is 23.5 Å². The van der Waals surface area contributed by atoms with Crippen LogP contribution in [-0.4, -0.2) is 52.3 Å². The summed E-state index contributed by atoms with van der Waals surface area (Å²) >= 11 is 3.83. The summed E-state index contributed by atoms with van der Waals surface area (Å²) in [5.74, 6) is 3.20. The zero-order chi connectivity index (χ0) is 13.0. The minimum absolute atomic E-state index is 0.143. The van der Waals surface area contributed by atoms with E-state index in [-0.39, 0.29) is 17.7 Å². The van der Waals surface area contributed by atoms with Gasteiger partial charge in [-0.15, -0.1) is 0 Å². The molecule has 2 amide bonds. The molecule has 102 valence electrons. The number of primary amides is 1. The van der Waals surface area contributed by atoms with Gasteiger partial charge in [0.25, 0.3) is 0 Å². The lowest BCUT2D eigenvalue weighted by Gasteiger charge is -2.32. The topological polar surface area (TPSA) is 63.4 Å². The molecule has 4 nitrogen and oxygen atoms in total. The van der Waals surface area contributed by atoms with Crippen molar-refractivity contribution in [2.24, 2.45) is 11.7 Å². The lowest BCUT2D eigenvalue weighted by molar-refractivity contribution is -0.134. The van der Waals surface area contributed by atoms with Gasteiger partial charge in [-0.2, -0.15) is 23.5 Å². The number of amides is 2. The summed E-state index contributed by atoms with van der Waals surface area (Å²) in [5, 5.41) is 0.449. The zero-order valence-corrected chi connectivity index (χ0v) is 12.1. The molecule has 0 unspecified atom stereocenters. The Hall–Kier alpha value is -0.360. The quantitative estimate of drug-likeness (QED) is 0.840. The first kappa shape index (κ1) is 14.1. The number of thioether (sulfide) groups is 2. The molecule has 2 N–H and O–H groups in total. The van der Waals surface area contributed by atoms with Crippen molar-refractivity contribution in [2.45, 2.75) is 24.5 Å². The Labute approximate surface area is 116 Å². The summed E-state index contributed by atoms with van der Waals surface area (Å²) in [4.78, 5) is 25.2. The highest BCUT2D eigenvalue weighted by atomic mass is 32.2. The molecule has 0 aromatic carbocycles. The van der Waals surface area contributed by atoms with E-state index in [0.29, 0.717) is 18.2 Å². The highest BCUT2D eigenvalue weighted by Crippen LogP contribution is 2.27. The summed E-state index contributed by atoms with van der Waals surface area (Å²) in [7, 11) is 0. The van der Waals surface area contributed by atoms with Crippen molar-refractivity contribution in [3.05, 3.63) is 0 Å². The van der Waals surface area contributed by atoms with Gasteiger partial charge < -0.3 is 10.6 Å². The largest absolute Gasteiger partial charge is 0.369 e. The molecule has 0 spiro atoms. The standard InChI is InChI=1S/C12H20N2O2S2/c13-12(16)9-2-1-3-14(7-9)11(15)6-10-8-17-4-5-18-10/h9-10H,1-8H2,(H2,13,16)/t9-,10+/m0/s1. The van der Waals surface area contributed by atoms with Crippen LogP contribution in [-0.2, 0) is 9.59 Å². The molecule has 18 heavy (non-hydrogen) atoms. The Balaban J connectivity index is 1.82. The van der Waals surface area contributed by atoms with E-state index in [2.05, 4.69) is 0 Å². The van der Waals surface area contributed by atoms with E-state index < -0.39 is 0 Å². The molecule has 0 saturated carbocycles. The number of carbonyl (C=O) groups is 2. The summed E-state index contributed by atoms with van der Waals surface area (Å²) < 4.78 is 0. The number of hydrogen-bond acceptors (Lipinski definition) is 4. The number of rotatable bonds is 3. The maximum absolute atomic E-state index is 12.2. The summed E-state index contributed by atoms with van der Waals surface area (Å²) in [6.07, 6.45) is 2.34. The summed E-state index contributed by atoms with van der Waals surface area (Å²) in [5.41, 5.74) is 5.33. The molecule has 2 aliphatic rings. The second kappa shape index (κ2) is 6.70. The van der Waals surface area contributed by atoms with Crippen molar-refractivity contribution in [1.82, 2.24) is 4.90 Å². The van der Waals surface area contributed by atoms with Crippen LogP contribution in [0.2, 0.25) is 0 Å². The predicted octanol–water partition coefficient (Wildman–Crippen LogP) is 0.949. The van der Waals surface area contributed by atoms with Crippen molar-refractivity contribution >= 4 is 35.3 Å². The molecular weight excluding hydrogens is 268 g/mol. The number of likely N-dealkylation sites (tertiary alicyclic amines) is 1. The Morgan fingerprint density at radius 1 is 1.33 bits per heavy atom. The maximum atomic E-state index is 12.2. The van der Waals surface area contributed by atoms with Crippen LogP contribution < -0.4 is 5.73 Å². The Morgan fingerprint density at radius 3 is 2.83 bits per heavy atom. The van der Waals surface area contributed by atoms with E-state index in [0.717, 1.165) is 30.9 Å². The smallest absolute Gasteiger partial charge is 0.223 e. The third-order valence-corrected chi connectivity index (χ3v) is 6.31. The SMILES string of the molecule is NC(=O)[C@H]1CCCN(C(=O)C[C@@H]2CSCCS2)C1. The van der Waals surface area contributed by atoms with E-state index in [9.17, 15) is 9.59 Å². The first-order valence-electron chi connectivity index (χ1n) is 6.43. The van der Waals surface area contributed by atoms with Gasteiger partial charge in [-0.3, -0.25) is 9.59 Å². The fourth-order valence-corrected chi connectivity index (χ4v) is 5.09. The molecule has 2 aliphatic heterocycles. The highest BCUT2D eigenvalue weighted by molar-refractivity contribution is 8.06. The molecule has 2 fully saturated rings. The molecule has 0 bridgehead atoms. The first-order valence-corrected chi connectivity index (χ1v) is 8.63. The lowest BCUT2D eigenvalue weighted by Crippen LogP contribution is -2.45. The molecule has 2 saturated heterocycles. The second-order valence-electron chi connectivity index (χ2n) is 4.85. The van der Waals surface area contributed by atoms with Crippen molar-refractivity contribution in [3.63, 3.8) is 0 Å². The summed E-state index contributed by atoms with van der Waals surface area (Å²) in [6, 6.07) is 0. The monoisotopic (exact) mass is 288 g/mol. The third-order valence-electron chi connectivity index (χ3n) is 3.46. The molecular formula is C12H20N2O2S2. The van der Waals surface area contributed by atoms with Gasteiger partial charge in [-0.25, -0.2) is 0 Å². The lowest BCUT2D eigenvalue weighted by atomic mass is 9.97. The molecule has 0 aromatic heterocycles. The van der Waals surface area contributed by atoms with Crippen molar-refractivity contribution in [1.29, 1.82) is 0 Å². The predicted molar refractivity (Wildman–Crippen MR) is 76.7 cm³/mol. The molecule has 2 rings (SSSR count). The van der Waals surface area contributed by atoms with Crippen LogP contribution in [0.1, 0.15) is 19.3 Å². The van der Waals surface area contributed by atoms with Crippen LogP contribution in [0.3, 0.4) is 0 Å². The van der Waals surface area contributed by atoms with Crippen LogP contribution in [0.4, 0.5) is 0 Å². The zero-order valence-electron chi connectivity index (χ0n) is 10.5. The number of carbonyl (C=O) groups excluding carboxylic acids is 2. The molecule has 6 heteroatoms. The fourth-order valence-electron chi connectivity index (χ4n) is 2.41. The van der Waals surface area contributed by atoms with E-state index in [4.69, 9.17) is 5.73 Å². The van der Waals surface area contributed by atoms with E-state index in [1.165, 1.54) is 5.75 Å². The fraction of sp³-hybridized carbons (Fsp3) is 0.833. The van der Waals surface area contributed by atoms with Gasteiger partial charge in [-0.1, -0.05) is 0 Å². The van der Waals surface area contributed by atoms with Crippen molar-refractivity contribution in [3.8, 4) is 0 Å². The van der Waals surface area contributed by atoms with Crippen LogP contribution in [0.25, 0.3) is 0 Å². The number of nitrogens with zero attached hydrogens (tertiary/aromatic N) is 1. The van der Waals surface area contributed by atoms with Crippen LogP contribution in [0, 0.1) is 5.92 Å². The van der Waals surface area contributed by atoms with Gasteiger partial charge in [-0.05, 0) is 12.8 Å². The van der Waals surface area contributed by atoms with Gasteiger partial charge in [0, 0.05) is 42.0 Å². The van der Waals surface area contributed by atoms with E-state index in [1.54, 1.807) is 0 Å². The number of piperidine rings is 1. The molecule has 0 radical (unpaired) electrons. The average Bonchev–Trinajstić information content (AvgIpc) is 2.40. The molecule has 2 heterocycles. The van der Waals surface area contributed by atoms with Gasteiger partial charge in [0.1, 0.15) is 0 Å². The molecule has 0 aliphatic carbocycles. The summed E-state index contributed by atoms with van der Waals surface area (Å²) in [6.45, 7) is 1.31. The Morgan fingerprint density at radius 2 is 2.17 bits per heavy atom. The molecule has 0 aromatic rings. The van der Waals surface area contributed by atoms with Gasteiger partial charge in [0.05, 0.1) is 5.92 Å². The van der Waals surface area contributed by atoms with Gasteiger partial charge >= 0.3 is 0 Å². The average molecular weight is 288 g/mol. The third kappa shape index (κ3) is 3.82. The van der Waals surface area contributed by atoms with Gasteiger partial charge in [0.15, 0.2) is 0 Å². The number of nitrogens with two attached hydrogens (primary N) is 1. The van der Waals surface area contributed by atoms with Gasteiger partial charge in [0.2, 0.25) is 11.8 Å². The van der Waals surface area contributed by atoms with Crippen LogP contribution in [0.5, 0.6) is 0 Å². The van der Waals surface area contributed by atoms with E-state index >= 15 is 0 Å². The Bertz CT molecular complexity index is 319. The second-order valence-corrected chi connectivity index (χ2v) is 7.41.